The van der Waals surface area contributed by atoms with Gasteiger partial charge in [-0.3, -0.25) is 4.98 Å². The second-order valence-electron chi connectivity index (χ2n) is 5.29. The maximum Gasteiger partial charge on any atom is 0.0960 e. The number of rotatable bonds is 1. The summed E-state index contributed by atoms with van der Waals surface area (Å²) in [5.41, 5.74) is 2.20. The molecule has 0 aliphatic carbocycles. The van der Waals surface area contributed by atoms with Crippen LogP contribution in [-0.4, -0.2) is 35.6 Å². The minimum absolute atomic E-state index is 0.0746. The summed E-state index contributed by atoms with van der Waals surface area (Å²) in [7, 11) is 2.14. The van der Waals surface area contributed by atoms with Gasteiger partial charge in [-0.25, -0.2) is 0 Å². The van der Waals surface area contributed by atoms with Gasteiger partial charge in [-0.05, 0) is 45.5 Å². The summed E-state index contributed by atoms with van der Waals surface area (Å²) in [6.07, 6.45) is 2.02. The predicted molar refractivity (Wildman–Crippen MR) is 64.4 cm³/mol. The molecule has 16 heavy (non-hydrogen) atoms. The van der Waals surface area contributed by atoms with E-state index in [0.29, 0.717) is 0 Å². The second kappa shape index (κ2) is 4.15. The Morgan fingerprint density at radius 3 is 2.88 bits per heavy atom. The molecule has 0 saturated carbocycles. The van der Waals surface area contributed by atoms with Crippen LogP contribution in [0.3, 0.4) is 0 Å². The molecule has 0 amide bonds. The van der Waals surface area contributed by atoms with E-state index in [9.17, 15) is 0 Å². The number of morpholine rings is 1. The van der Waals surface area contributed by atoms with Crippen LogP contribution in [0.5, 0.6) is 0 Å². The summed E-state index contributed by atoms with van der Waals surface area (Å²) in [6.45, 7) is 8.23. The van der Waals surface area contributed by atoms with E-state index in [1.54, 1.807) is 0 Å². The van der Waals surface area contributed by atoms with Gasteiger partial charge in [0.1, 0.15) is 0 Å². The molecule has 0 unspecified atom stereocenters. The van der Waals surface area contributed by atoms with Crippen LogP contribution in [0.15, 0.2) is 18.3 Å². The van der Waals surface area contributed by atoms with E-state index in [4.69, 9.17) is 4.74 Å². The zero-order valence-electron chi connectivity index (χ0n) is 10.5. The van der Waals surface area contributed by atoms with Gasteiger partial charge in [0, 0.05) is 25.0 Å². The van der Waals surface area contributed by atoms with E-state index in [2.05, 4.69) is 36.8 Å². The smallest absolute Gasteiger partial charge is 0.0960 e. The fraction of sp³-hybridized carbons (Fsp3) is 0.615. The van der Waals surface area contributed by atoms with Crippen molar-refractivity contribution in [2.75, 3.05) is 20.1 Å². The number of pyridine rings is 1. The number of nitrogens with zero attached hydrogens (tertiary/aromatic N) is 2. The van der Waals surface area contributed by atoms with Crippen molar-refractivity contribution in [3.63, 3.8) is 0 Å². The van der Waals surface area contributed by atoms with Crippen LogP contribution in [0.1, 0.15) is 31.2 Å². The number of ether oxygens (including phenoxy) is 1. The van der Waals surface area contributed by atoms with Gasteiger partial charge in [0.2, 0.25) is 0 Å². The first kappa shape index (κ1) is 11.6. The van der Waals surface area contributed by atoms with Crippen molar-refractivity contribution in [1.29, 1.82) is 0 Å². The van der Waals surface area contributed by atoms with Gasteiger partial charge in [0.15, 0.2) is 0 Å². The Hall–Kier alpha value is -0.930. The lowest BCUT2D eigenvalue weighted by Crippen LogP contribution is -2.47. The number of aromatic nitrogens is 1. The van der Waals surface area contributed by atoms with Crippen LogP contribution >= 0.6 is 0 Å². The SMILES string of the molecule is Cc1cc([C@@H]2CN(C)CC(C)(C)O2)ccn1. The third kappa shape index (κ3) is 2.60. The van der Waals surface area contributed by atoms with Gasteiger partial charge in [-0.15, -0.1) is 0 Å². The Morgan fingerprint density at radius 1 is 1.50 bits per heavy atom. The van der Waals surface area contributed by atoms with Crippen LogP contribution in [-0.2, 0) is 4.74 Å². The highest BCUT2D eigenvalue weighted by Gasteiger charge is 2.32. The average molecular weight is 220 g/mol. The summed E-state index contributed by atoms with van der Waals surface area (Å²) in [6, 6.07) is 4.16. The molecular weight excluding hydrogens is 200 g/mol. The minimum atomic E-state index is -0.0746. The molecule has 1 aromatic heterocycles. The lowest BCUT2D eigenvalue weighted by atomic mass is 10.0. The van der Waals surface area contributed by atoms with E-state index in [-0.39, 0.29) is 11.7 Å². The fourth-order valence-corrected chi connectivity index (χ4v) is 2.40. The molecule has 0 N–H and O–H groups in total. The molecule has 88 valence electrons. The minimum Gasteiger partial charge on any atom is -0.365 e. The first-order valence-corrected chi connectivity index (χ1v) is 5.75. The molecule has 1 aliphatic rings. The fourth-order valence-electron chi connectivity index (χ4n) is 2.40. The number of likely N-dealkylation sites (N-methyl/N-ethyl adjacent to an activating group) is 1. The summed E-state index contributed by atoms with van der Waals surface area (Å²) in [4.78, 5) is 6.54. The Balaban J connectivity index is 2.21. The predicted octanol–water partition coefficient (Wildman–Crippen LogP) is 2.17. The topological polar surface area (TPSA) is 25.4 Å². The van der Waals surface area contributed by atoms with Crippen LogP contribution < -0.4 is 0 Å². The quantitative estimate of drug-likeness (QED) is 0.725. The Morgan fingerprint density at radius 2 is 2.25 bits per heavy atom. The lowest BCUT2D eigenvalue weighted by Gasteiger charge is -2.41. The van der Waals surface area contributed by atoms with Gasteiger partial charge in [0.25, 0.3) is 0 Å². The van der Waals surface area contributed by atoms with Crippen molar-refractivity contribution in [3.05, 3.63) is 29.6 Å². The molecule has 2 heterocycles. The molecule has 0 radical (unpaired) electrons. The molecule has 0 aromatic carbocycles. The first-order chi connectivity index (χ1) is 7.46. The van der Waals surface area contributed by atoms with Gasteiger partial charge in [-0.1, -0.05) is 0 Å². The van der Waals surface area contributed by atoms with Crippen LogP contribution in [0, 0.1) is 6.92 Å². The lowest BCUT2D eigenvalue weighted by molar-refractivity contribution is -0.132. The van der Waals surface area contributed by atoms with Crippen molar-refractivity contribution in [2.24, 2.45) is 0 Å². The molecule has 3 heteroatoms. The highest BCUT2D eigenvalue weighted by Crippen LogP contribution is 2.29. The summed E-state index contributed by atoms with van der Waals surface area (Å²) in [5, 5.41) is 0. The molecule has 1 aliphatic heterocycles. The summed E-state index contributed by atoms with van der Waals surface area (Å²) >= 11 is 0. The molecule has 3 nitrogen and oxygen atoms in total. The molecule has 1 aromatic rings. The standard InChI is InChI=1S/C13H20N2O/c1-10-7-11(5-6-14-10)12-8-15(4)9-13(2,3)16-12/h5-7,12H,8-9H2,1-4H3/t12-/m0/s1. The van der Waals surface area contributed by atoms with Gasteiger partial charge in [-0.2, -0.15) is 0 Å². The second-order valence-corrected chi connectivity index (χ2v) is 5.29. The van der Waals surface area contributed by atoms with E-state index in [1.807, 2.05) is 19.2 Å². The van der Waals surface area contributed by atoms with Gasteiger partial charge in [0.05, 0.1) is 11.7 Å². The Labute approximate surface area is 97.4 Å². The van der Waals surface area contributed by atoms with Gasteiger partial charge >= 0.3 is 0 Å². The molecule has 1 atom stereocenters. The largest absolute Gasteiger partial charge is 0.365 e. The molecule has 2 rings (SSSR count). The van der Waals surface area contributed by atoms with Crippen molar-refractivity contribution in [2.45, 2.75) is 32.5 Å². The molecule has 1 saturated heterocycles. The third-order valence-electron chi connectivity index (χ3n) is 2.88. The Bertz CT molecular complexity index is 376. The highest BCUT2D eigenvalue weighted by atomic mass is 16.5. The maximum absolute atomic E-state index is 6.12. The van der Waals surface area contributed by atoms with Crippen molar-refractivity contribution < 1.29 is 4.74 Å². The third-order valence-corrected chi connectivity index (χ3v) is 2.88. The highest BCUT2D eigenvalue weighted by molar-refractivity contribution is 5.19. The zero-order chi connectivity index (χ0) is 11.8. The average Bonchev–Trinajstić information content (AvgIpc) is 2.14. The van der Waals surface area contributed by atoms with E-state index < -0.39 is 0 Å². The Kier molecular flexibility index (Phi) is 3.00. The molecular formula is C13H20N2O. The van der Waals surface area contributed by atoms with E-state index in [0.717, 1.165) is 18.8 Å². The normalized spacial score (nSPS) is 25.6. The van der Waals surface area contributed by atoms with Crippen molar-refractivity contribution in [3.8, 4) is 0 Å². The molecule has 0 spiro atoms. The number of hydrogen-bond donors (Lipinski definition) is 0. The molecule has 1 fully saturated rings. The van der Waals surface area contributed by atoms with Crippen molar-refractivity contribution >= 4 is 0 Å². The van der Waals surface area contributed by atoms with Crippen LogP contribution in [0.25, 0.3) is 0 Å². The van der Waals surface area contributed by atoms with Crippen molar-refractivity contribution in [1.82, 2.24) is 9.88 Å². The monoisotopic (exact) mass is 220 g/mol. The van der Waals surface area contributed by atoms with Gasteiger partial charge < -0.3 is 9.64 Å². The number of hydrogen-bond acceptors (Lipinski definition) is 3. The summed E-state index contributed by atoms with van der Waals surface area (Å²) in [5.74, 6) is 0. The van der Waals surface area contributed by atoms with E-state index in [1.165, 1.54) is 5.56 Å². The van der Waals surface area contributed by atoms with Crippen LogP contribution in [0.4, 0.5) is 0 Å². The summed E-state index contributed by atoms with van der Waals surface area (Å²) < 4.78 is 6.12. The number of aryl methyl sites for hydroxylation is 1. The molecule has 0 bridgehead atoms. The maximum atomic E-state index is 6.12. The van der Waals surface area contributed by atoms with E-state index >= 15 is 0 Å². The zero-order valence-corrected chi connectivity index (χ0v) is 10.5. The first-order valence-electron chi connectivity index (χ1n) is 5.75. The van der Waals surface area contributed by atoms with Crippen LogP contribution in [0.2, 0.25) is 0 Å².